The summed E-state index contributed by atoms with van der Waals surface area (Å²) >= 11 is 0. The fraction of sp³-hybridized carbons (Fsp3) is 0. The maximum atomic E-state index is 11.8. The summed E-state index contributed by atoms with van der Waals surface area (Å²) in [6, 6.07) is 15.2. The van der Waals surface area contributed by atoms with Crippen LogP contribution in [0.2, 0.25) is 0 Å². The standard InChI is InChI=1S/C14H12N4O/c15-9-10-4-3-5-11(8-10)17-14(19)18-13-7-2-1-6-12(13)16/h1-8H,16H2,(H2,17,18,19). The number of para-hydroxylation sites is 2. The second kappa shape index (κ2) is 5.56. The van der Waals surface area contributed by atoms with Gasteiger partial charge in [-0.05, 0) is 30.3 Å². The van der Waals surface area contributed by atoms with Gasteiger partial charge in [-0.2, -0.15) is 5.26 Å². The highest BCUT2D eigenvalue weighted by Crippen LogP contribution is 2.17. The molecule has 0 saturated heterocycles. The van der Waals surface area contributed by atoms with Crippen LogP contribution in [0.1, 0.15) is 5.56 Å². The molecule has 4 N–H and O–H groups in total. The quantitative estimate of drug-likeness (QED) is 0.718. The number of nitrogens with two attached hydrogens (primary N) is 1. The zero-order valence-electron chi connectivity index (χ0n) is 10.1. The Balaban J connectivity index is 2.06. The van der Waals surface area contributed by atoms with Crippen LogP contribution in [0.3, 0.4) is 0 Å². The van der Waals surface area contributed by atoms with E-state index < -0.39 is 6.03 Å². The molecule has 2 aromatic carbocycles. The molecule has 0 fully saturated rings. The van der Waals surface area contributed by atoms with Crippen LogP contribution in [0.5, 0.6) is 0 Å². The van der Waals surface area contributed by atoms with E-state index in [4.69, 9.17) is 11.0 Å². The third kappa shape index (κ3) is 3.23. The lowest BCUT2D eigenvalue weighted by Crippen LogP contribution is -2.20. The Morgan fingerprint density at radius 2 is 1.89 bits per heavy atom. The zero-order valence-corrected chi connectivity index (χ0v) is 10.1. The number of hydrogen-bond acceptors (Lipinski definition) is 3. The summed E-state index contributed by atoms with van der Waals surface area (Å²) in [6.07, 6.45) is 0. The molecule has 2 rings (SSSR count). The smallest absolute Gasteiger partial charge is 0.323 e. The van der Waals surface area contributed by atoms with Gasteiger partial charge in [0.05, 0.1) is 23.0 Å². The van der Waals surface area contributed by atoms with Gasteiger partial charge >= 0.3 is 6.03 Å². The van der Waals surface area contributed by atoms with Gasteiger partial charge in [-0.1, -0.05) is 18.2 Å². The molecule has 5 nitrogen and oxygen atoms in total. The third-order valence-corrected chi connectivity index (χ3v) is 2.46. The van der Waals surface area contributed by atoms with E-state index >= 15 is 0 Å². The number of rotatable bonds is 2. The van der Waals surface area contributed by atoms with Gasteiger partial charge in [-0.25, -0.2) is 4.79 Å². The van der Waals surface area contributed by atoms with E-state index in [9.17, 15) is 4.79 Å². The Morgan fingerprint density at radius 1 is 1.11 bits per heavy atom. The molecule has 0 spiro atoms. The summed E-state index contributed by atoms with van der Waals surface area (Å²) in [6.45, 7) is 0. The molecule has 5 heteroatoms. The van der Waals surface area contributed by atoms with Crippen LogP contribution in [-0.4, -0.2) is 6.03 Å². The highest BCUT2D eigenvalue weighted by Gasteiger charge is 2.05. The van der Waals surface area contributed by atoms with Crippen molar-refractivity contribution in [3.63, 3.8) is 0 Å². The first-order valence-corrected chi connectivity index (χ1v) is 5.62. The van der Waals surface area contributed by atoms with Crippen molar-refractivity contribution >= 4 is 23.1 Å². The first-order chi connectivity index (χ1) is 9.19. The van der Waals surface area contributed by atoms with E-state index in [0.717, 1.165) is 0 Å². The minimum Gasteiger partial charge on any atom is -0.397 e. The van der Waals surface area contributed by atoms with Gasteiger partial charge in [0.25, 0.3) is 0 Å². The Labute approximate surface area is 110 Å². The summed E-state index contributed by atoms with van der Waals surface area (Å²) in [7, 11) is 0. The number of nitrogens with one attached hydrogen (secondary N) is 2. The SMILES string of the molecule is N#Cc1cccc(NC(=O)Nc2ccccc2N)c1. The van der Waals surface area contributed by atoms with E-state index in [2.05, 4.69) is 10.6 Å². The predicted molar refractivity (Wildman–Crippen MR) is 74.7 cm³/mol. The maximum absolute atomic E-state index is 11.8. The molecular formula is C14H12N4O. The number of hydrogen-bond donors (Lipinski definition) is 3. The summed E-state index contributed by atoms with van der Waals surface area (Å²) in [4.78, 5) is 11.8. The number of carbonyl (C=O) groups excluding carboxylic acids is 1. The fourth-order valence-electron chi connectivity index (χ4n) is 1.56. The molecule has 0 aliphatic carbocycles. The Hall–Kier alpha value is -3.00. The molecule has 0 heterocycles. The Bertz CT molecular complexity index is 646. The molecule has 0 aromatic heterocycles. The summed E-state index contributed by atoms with van der Waals surface area (Å²) in [5.41, 5.74) is 7.78. The zero-order chi connectivity index (χ0) is 13.7. The second-order valence-electron chi connectivity index (χ2n) is 3.86. The molecule has 94 valence electrons. The highest BCUT2D eigenvalue weighted by molar-refractivity contribution is 6.01. The van der Waals surface area contributed by atoms with Crippen LogP contribution in [-0.2, 0) is 0 Å². The van der Waals surface area contributed by atoms with E-state index in [-0.39, 0.29) is 0 Å². The first kappa shape index (κ1) is 12.5. The molecule has 0 aliphatic rings. The van der Waals surface area contributed by atoms with Crippen LogP contribution in [0, 0.1) is 11.3 Å². The summed E-state index contributed by atoms with van der Waals surface area (Å²) in [5.74, 6) is 0. The molecule has 2 aromatic rings. The number of carbonyl (C=O) groups is 1. The van der Waals surface area contributed by atoms with Crippen molar-refractivity contribution in [3.05, 3.63) is 54.1 Å². The summed E-state index contributed by atoms with van der Waals surface area (Å²) < 4.78 is 0. The van der Waals surface area contributed by atoms with Crippen LogP contribution in [0.4, 0.5) is 21.9 Å². The number of amides is 2. The minimum absolute atomic E-state index is 0.409. The second-order valence-corrected chi connectivity index (χ2v) is 3.86. The molecular weight excluding hydrogens is 240 g/mol. The van der Waals surface area contributed by atoms with Crippen LogP contribution in [0.25, 0.3) is 0 Å². The monoisotopic (exact) mass is 252 g/mol. The number of nitrogens with zero attached hydrogens (tertiary/aromatic N) is 1. The Morgan fingerprint density at radius 3 is 2.63 bits per heavy atom. The molecule has 0 radical (unpaired) electrons. The fourth-order valence-corrected chi connectivity index (χ4v) is 1.56. The van der Waals surface area contributed by atoms with Gasteiger partial charge in [-0.15, -0.1) is 0 Å². The molecule has 0 saturated carbocycles. The number of urea groups is 1. The highest BCUT2D eigenvalue weighted by atomic mass is 16.2. The van der Waals surface area contributed by atoms with Crippen molar-refractivity contribution in [3.8, 4) is 6.07 Å². The third-order valence-electron chi connectivity index (χ3n) is 2.46. The van der Waals surface area contributed by atoms with Gasteiger partial charge in [-0.3, -0.25) is 0 Å². The normalized spacial score (nSPS) is 9.42. The first-order valence-electron chi connectivity index (χ1n) is 5.62. The van der Waals surface area contributed by atoms with Crippen LogP contribution >= 0.6 is 0 Å². The molecule has 0 bridgehead atoms. The van der Waals surface area contributed by atoms with Gasteiger partial charge in [0.15, 0.2) is 0 Å². The number of anilines is 3. The lowest BCUT2D eigenvalue weighted by molar-refractivity contribution is 0.262. The van der Waals surface area contributed by atoms with Crippen molar-refractivity contribution in [2.45, 2.75) is 0 Å². The van der Waals surface area contributed by atoms with Gasteiger partial charge in [0.2, 0.25) is 0 Å². The van der Waals surface area contributed by atoms with Gasteiger partial charge < -0.3 is 16.4 Å². The molecule has 19 heavy (non-hydrogen) atoms. The van der Waals surface area contributed by atoms with Gasteiger partial charge in [0, 0.05) is 5.69 Å². The largest absolute Gasteiger partial charge is 0.397 e. The molecule has 0 atom stereocenters. The van der Waals surface area contributed by atoms with E-state index in [1.165, 1.54) is 0 Å². The van der Waals surface area contributed by atoms with Crippen molar-refractivity contribution in [1.29, 1.82) is 5.26 Å². The average Bonchev–Trinajstić information content (AvgIpc) is 2.41. The average molecular weight is 252 g/mol. The lowest BCUT2D eigenvalue weighted by Gasteiger charge is -2.09. The molecule has 0 unspecified atom stereocenters. The molecule has 0 aliphatic heterocycles. The molecule has 2 amide bonds. The number of nitrogen functional groups attached to an aromatic ring is 1. The van der Waals surface area contributed by atoms with Crippen molar-refractivity contribution in [2.24, 2.45) is 0 Å². The topological polar surface area (TPSA) is 90.9 Å². The van der Waals surface area contributed by atoms with E-state index in [0.29, 0.717) is 22.6 Å². The van der Waals surface area contributed by atoms with Gasteiger partial charge in [0.1, 0.15) is 0 Å². The van der Waals surface area contributed by atoms with Crippen LogP contribution in [0.15, 0.2) is 48.5 Å². The maximum Gasteiger partial charge on any atom is 0.323 e. The van der Waals surface area contributed by atoms with Crippen molar-refractivity contribution in [2.75, 3.05) is 16.4 Å². The Kier molecular flexibility index (Phi) is 3.64. The minimum atomic E-state index is -0.409. The van der Waals surface area contributed by atoms with Crippen molar-refractivity contribution < 1.29 is 4.79 Å². The summed E-state index contributed by atoms with van der Waals surface area (Å²) in [5, 5.41) is 14.0. The van der Waals surface area contributed by atoms with Crippen molar-refractivity contribution in [1.82, 2.24) is 0 Å². The number of nitriles is 1. The van der Waals surface area contributed by atoms with Crippen LogP contribution < -0.4 is 16.4 Å². The predicted octanol–water partition coefficient (Wildman–Crippen LogP) is 2.78. The number of benzene rings is 2. The van der Waals surface area contributed by atoms with E-state index in [1.54, 1.807) is 48.5 Å². The van der Waals surface area contributed by atoms with E-state index in [1.807, 2.05) is 6.07 Å². The lowest BCUT2D eigenvalue weighted by atomic mass is 10.2.